The van der Waals surface area contributed by atoms with Crippen LogP contribution in [0.15, 0.2) is 42.5 Å². The number of hydrogen-bond acceptors (Lipinski definition) is 3. The fourth-order valence-electron chi connectivity index (χ4n) is 2.08. The number of benzene rings is 2. The van der Waals surface area contributed by atoms with Crippen molar-refractivity contribution in [2.75, 3.05) is 16.0 Å². The highest BCUT2D eigenvalue weighted by atomic mass is 35.5. The highest BCUT2D eigenvalue weighted by molar-refractivity contribution is 6.36. The van der Waals surface area contributed by atoms with E-state index in [-0.39, 0.29) is 17.7 Å². The van der Waals surface area contributed by atoms with E-state index in [4.69, 9.17) is 23.2 Å². The Kier molecular flexibility index (Phi) is 6.89. The normalized spacial score (nSPS) is 11.8. The van der Waals surface area contributed by atoms with Gasteiger partial charge in [0.1, 0.15) is 6.04 Å². The summed E-state index contributed by atoms with van der Waals surface area (Å²) < 4.78 is 0. The van der Waals surface area contributed by atoms with Gasteiger partial charge in [-0.3, -0.25) is 9.59 Å². The number of rotatable bonds is 6. The number of anilines is 3. The van der Waals surface area contributed by atoms with Crippen LogP contribution in [0.2, 0.25) is 10.0 Å². The van der Waals surface area contributed by atoms with Crippen molar-refractivity contribution in [1.29, 1.82) is 0 Å². The molecule has 0 saturated heterocycles. The van der Waals surface area contributed by atoms with Gasteiger partial charge in [-0.05, 0) is 49.4 Å². The molecule has 0 aliphatic heterocycles. The summed E-state index contributed by atoms with van der Waals surface area (Å²) in [6, 6.07) is 11.6. The molecule has 1 unspecified atom stereocenters. The standard InChI is InChI=1S/C19H21Cl2N3O2/c1-11(2)18(25)23-15-7-5-14(6-8-15)22-12(3)19(26)24-17-9-4-13(20)10-16(17)21/h4-12,22H,1-3H3,(H,23,25)(H,24,26). The lowest BCUT2D eigenvalue weighted by molar-refractivity contribution is -0.119. The third-order valence-corrected chi connectivity index (χ3v) is 4.19. The Labute approximate surface area is 163 Å². The Balaban J connectivity index is 1.95. The van der Waals surface area contributed by atoms with E-state index < -0.39 is 6.04 Å². The van der Waals surface area contributed by atoms with Crippen LogP contribution in [0.5, 0.6) is 0 Å². The van der Waals surface area contributed by atoms with Gasteiger partial charge in [0.05, 0.1) is 10.7 Å². The van der Waals surface area contributed by atoms with Gasteiger partial charge in [0.15, 0.2) is 0 Å². The first kappa shape index (κ1) is 20.1. The minimum absolute atomic E-state index is 0.0432. The van der Waals surface area contributed by atoms with E-state index in [2.05, 4.69) is 16.0 Å². The third kappa shape index (κ3) is 5.64. The van der Waals surface area contributed by atoms with E-state index in [1.807, 2.05) is 13.8 Å². The number of carbonyl (C=O) groups excluding carboxylic acids is 2. The van der Waals surface area contributed by atoms with Crippen LogP contribution in [0, 0.1) is 5.92 Å². The second-order valence-electron chi connectivity index (χ2n) is 6.20. The number of nitrogens with one attached hydrogen (secondary N) is 3. The molecule has 0 radical (unpaired) electrons. The van der Waals surface area contributed by atoms with Crippen molar-refractivity contribution in [3.05, 3.63) is 52.5 Å². The highest BCUT2D eigenvalue weighted by Crippen LogP contribution is 2.25. The Morgan fingerprint density at radius 3 is 2.04 bits per heavy atom. The van der Waals surface area contributed by atoms with Crippen LogP contribution in [0.1, 0.15) is 20.8 Å². The zero-order valence-corrected chi connectivity index (χ0v) is 16.3. The van der Waals surface area contributed by atoms with Crippen LogP contribution in [0.25, 0.3) is 0 Å². The summed E-state index contributed by atoms with van der Waals surface area (Å²) in [4.78, 5) is 24.0. The molecular formula is C19H21Cl2N3O2. The quantitative estimate of drug-likeness (QED) is 0.644. The fraction of sp³-hybridized carbons (Fsp3) is 0.263. The first-order chi connectivity index (χ1) is 12.3. The summed E-state index contributed by atoms with van der Waals surface area (Å²) in [5.74, 6) is -0.360. The minimum atomic E-state index is -0.488. The van der Waals surface area contributed by atoms with Gasteiger partial charge in [0.25, 0.3) is 0 Å². The van der Waals surface area contributed by atoms with Crippen molar-refractivity contribution in [3.8, 4) is 0 Å². The average Bonchev–Trinajstić information content (AvgIpc) is 2.58. The molecule has 0 fully saturated rings. The Morgan fingerprint density at radius 1 is 0.846 bits per heavy atom. The van der Waals surface area contributed by atoms with Gasteiger partial charge in [0.2, 0.25) is 11.8 Å². The SMILES string of the molecule is CC(C)C(=O)Nc1ccc(NC(C)C(=O)Nc2ccc(Cl)cc2Cl)cc1. The molecule has 2 rings (SSSR count). The Bertz CT molecular complexity index is 792. The van der Waals surface area contributed by atoms with Crippen molar-refractivity contribution >= 4 is 52.1 Å². The molecular weight excluding hydrogens is 373 g/mol. The largest absolute Gasteiger partial charge is 0.374 e. The van der Waals surface area contributed by atoms with Gasteiger partial charge >= 0.3 is 0 Å². The zero-order valence-electron chi connectivity index (χ0n) is 14.8. The molecule has 26 heavy (non-hydrogen) atoms. The monoisotopic (exact) mass is 393 g/mol. The minimum Gasteiger partial charge on any atom is -0.374 e. The smallest absolute Gasteiger partial charge is 0.246 e. The molecule has 2 aromatic rings. The lowest BCUT2D eigenvalue weighted by Gasteiger charge is -2.16. The van der Waals surface area contributed by atoms with Crippen molar-refractivity contribution < 1.29 is 9.59 Å². The van der Waals surface area contributed by atoms with Gasteiger partial charge < -0.3 is 16.0 Å². The van der Waals surface area contributed by atoms with E-state index in [0.29, 0.717) is 21.4 Å². The second kappa shape index (κ2) is 8.92. The maximum atomic E-state index is 12.3. The lowest BCUT2D eigenvalue weighted by Crippen LogP contribution is -2.31. The number of halogens is 2. The summed E-state index contributed by atoms with van der Waals surface area (Å²) >= 11 is 11.9. The molecule has 3 N–H and O–H groups in total. The van der Waals surface area contributed by atoms with Gasteiger partial charge in [-0.2, -0.15) is 0 Å². The lowest BCUT2D eigenvalue weighted by atomic mass is 10.2. The van der Waals surface area contributed by atoms with Gasteiger partial charge in [-0.1, -0.05) is 37.0 Å². The van der Waals surface area contributed by atoms with Crippen molar-refractivity contribution in [2.45, 2.75) is 26.8 Å². The molecule has 7 heteroatoms. The predicted octanol–water partition coefficient (Wildman–Crippen LogP) is 5.03. The summed E-state index contributed by atoms with van der Waals surface area (Å²) in [6.45, 7) is 5.41. The molecule has 2 amide bonds. The predicted molar refractivity (Wildman–Crippen MR) is 108 cm³/mol. The van der Waals surface area contributed by atoms with Gasteiger partial charge in [0, 0.05) is 22.3 Å². The van der Waals surface area contributed by atoms with Crippen LogP contribution >= 0.6 is 23.2 Å². The van der Waals surface area contributed by atoms with Crippen LogP contribution in [0.3, 0.4) is 0 Å². The number of carbonyl (C=O) groups is 2. The molecule has 0 aliphatic carbocycles. The van der Waals surface area contributed by atoms with Crippen molar-refractivity contribution in [2.24, 2.45) is 5.92 Å². The van der Waals surface area contributed by atoms with E-state index in [1.165, 1.54) is 0 Å². The van der Waals surface area contributed by atoms with E-state index in [1.54, 1.807) is 49.4 Å². The van der Waals surface area contributed by atoms with Gasteiger partial charge in [-0.15, -0.1) is 0 Å². The molecule has 0 saturated carbocycles. The number of hydrogen-bond donors (Lipinski definition) is 3. The topological polar surface area (TPSA) is 70.2 Å². The second-order valence-corrected chi connectivity index (χ2v) is 7.04. The molecule has 0 heterocycles. The zero-order chi connectivity index (χ0) is 19.3. The van der Waals surface area contributed by atoms with E-state index in [0.717, 1.165) is 5.69 Å². The van der Waals surface area contributed by atoms with E-state index >= 15 is 0 Å². The van der Waals surface area contributed by atoms with E-state index in [9.17, 15) is 9.59 Å². The molecule has 1 atom stereocenters. The van der Waals surface area contributed by atoms with Gasteiger partial charge in [-0.25, -0.2) is 0 Å². The summed E-state index contributed by atoms with van der Waals surface area (Å²) in [6.07, 6.45) is 0. The average molecular weight is 394 g/mol. The third-order valence-electron chi connectivity index (χ3n) is 3.64. The fourth-order valence-corrected chi connectivity index (χ4v) is 2.54. The maximum absolute atomic E-state index is 12.3. The molecule has 5 nitrogen and oxygen atoms in total. The summed E-state index contributed by atoms with van der Waals surface area (Å²) in [5, 5.41) is 9.56. The first-order valence-electron chi connectivity index (χ1n) is 8.19. The molecule has 0 aromatic heterocycles. The Hall–Kier alpha value is -2.24. The molecule has 2 aromatic carbocycles. The highest BCUT2D eigenvalue weighted by Gasteiger charge is 2.14. The Morgan fingerprint density at radius 2 is 1.46 bits per heavy atom. The summed E-state index contributed by atoms with van der Waals surface area (Å²) in [7, 11) is 0. The molecule has 0 aliphatic rings. The van der Waals surface area contributed by atoms with Crippen molar-refractivity contribution in [1.82, 2.24) is 0 Å². The van der Waals surface area contributed by atoms with Crippen LogP contribution in [-0.4, -0.2) is 17.9 Å². The van der Waals surface area contributed by atoms with Crippen LogP contribution < -0.4 is 16.0 Å². The number of amides is 2. The summed E-state index contributed by atoms with van der Waals surface area (Å²) in [5.41, 5.74) is 1.97. The van der Waals surface area contributed by atoms with Crippen molar-refractivity contribution in [3.63, 3.8) is 0 Å². The molecule has 138 valence electrons. The van der Waals surface area contributed by atoms with Crippen LogP contribution in [0.4, 0.5) is 17.1 Å². The van der Waals surface area contributed by atoms with Crippen LogP contribution in [-0.2, 0) is 9.59 Å². The maximum Gasteiger partial charge on any atom is 0.246 e. The molecule has 0 bridgehead atoms. The first-order valence-corrected chi connectivity index (χ1v) is 8.95. The molecule has 0 spiro atoms.